The fourth-order valence-electron chi connectivity index (χ4n) is 11.6. The average Bonchev–Trinajstić information content (AvgIpc) is 2.46. The molecule has 7 bridgehead atoms. The number of hydrogen-bond acceptors (Lipinski definition) is 0. The Bertz CT molecular complexity index is 476. The van der Waals surface area contributed by atoms with Crippen LogP contribution in [0.25, 0.3) is 0 Å². The SMILES string of the molecule is C12C3C4C5C6C7C8C1C3C1(C24)C5C67C81. The first kappa shape index (κ1) is 4.89. The van der Waals surface area contributed by atoms with E-state index in [0.717, 1.165) is 10.8 Å². The van der Waals surface area contributed by atoms with Crippen LogP contribution in [0.2, 0.25) is 0 Å². The zero-order valence-electron chi connectivity index (χ0n) is 7.93. The first-order chi connectivity index (χ1) is 6.98. The lowest BCUT2D eigenvalue weighted by molar-refractivity contribution is -0.258. The van der Waals surface area contributed by atoms with E-state index in [0.29, 0.717) is 0 Å². The quantitative estimate of drug-likeness (QED) is 0.529. The van der Waals surface area contributed by atoms with Crippen LogP contribution in [0.1, 0.15) is 0 Å². The van der Waals surface area contributed by atoms with Crippen LogP contribution in [-0.2, 0) is 0 Å². The van der Waals surface area contributed by atoms with Crippen molar-refractivity contribution in [1.29, 1.82) is 0 Å². The Morgan fingerprint density at radius 2 is 0.857 bits per heavy atom. The van der Waals surface area contributed by atoms with Crippen LogP contribution in [0.15, 0.2) is 0 Å². The fourth-order valence-corrected chi connectivity index (χ4v) is 11.6. The summed E-state index contributed by atoms with van der Waals surface area (Å²) in [6.45, 7) is 0. The largest absolute Gasteiger partial charge is 0.0309 e. The van der Waals surface area contributed by atoms with Gasteiger partial charge < -0.3 is 0 Å². The van der Waals surface area contributed by atoms with E-state index < -0.39 is 0 Å². The van der Waals surface area contributed by atoms with Crippen LogP contribution >= 0.6 is 0 Å². The van der Waals surface area contributed by atoms with Gasteiger partial charge in [0.1, 0.15) is 0 Å². The molecule has 10 saturated carbocycles. The van der Waals surface area contributed by atoms with Gasteiger partial charge in [0.15, 0.2) is 0 Å². The minimum absolute atomic E-state index is 1.10. The molecular formula is C14H12. The van der Waals surface area contributed by atoms with Gasteiger partial charge >= 0.3 is 0 Å². The summed E-state index contributed by atoms with van der Waals surface area (Å²) in [7, 11) is 0. The summed E-state index contributed by atoms with van der Waals surface area (Å²) in [6.07, 6.45) is 0. The predicted octanol–water partition coefficient (Wildman–Crippen LogP) is 1.48. The van der Waals surface area contributed by atoms with Crippen LogP contribution in [0.5, 0.6) is 0 Å². The smallest absolute Gasteiger partial charge is 0.0156 e. The highest BCUT2D eigenvalue weighted by Gasteiger charge is 3.17. The molecule has 0 heterocycles. The Morgan fingerprint density at radius 3 is 1.43 bits per heavy atom. The molecule has 0 radical (unpaired) electrons. The van der Waals surface area contributed by atoms with E-state index in [1.807, 2.05) is 0 Å². The molecule has 12 unspecified atom stereocenters. The van der Waals surface area contributed by atoms with Gasteiger partial charge in [-0.15, -0.1) is 0 Å². The standard InChI is InChI=1S/C14H12/c1-2-4-6-10-9-5-3(1)8(2)13(7(1)4)11(5)14(9,10)12(6)13/h1-12H. The van der Waals surface area contributed by atoms with E-state index in [4.69, 9.17) is 0 Å². The zero-order valence-corrected chi connectivity index (χ0v) is 7.93. The maximum Gasteiger partial charge on any atom is -0.0156 e. The van der Waals surface area contributed by atoms with Crippen LogP contribution < -0.4 is 0 Å². The lowest BCUT2D eigenvalue weighted by Crippen LogP contribution is -2.69. The van der Waals surface area contributed by atoms with Gasteiger partial charge in [-0.2, -0.15) is 0 Å². The third-order valence-electron chi connectivity index (χ3n) is 10.2. The van der Waals surface area contributed by atoms with E-state index in [1.54, 1.807) is 0 Å². The van der Waals surface area contributed by atoms with E-state index in [-0.39, 0.29) is 0 Å². The Morgan fingerprint density at radius 1 is 0.429 bits per heavy atom. The molecule has 14 heavy (non-hydrogen) atoms. The average molecular weight is 180 g/mol. The summed E-state index contributed by atoms with van der Waals surface area (Å²) in [5.41, 5.74) is 2.22. The zero-order chi connectivity index (χ0) is 7.93. The van der Waals surface area contributed by atoms with Crippen LogP contribution in [-0.4, -0.2) is 0 Å². The molecule has 10 fully saturated rings. The van der Waals surface area contributed by atoms with Gasteiger partial charge in [0.2, 0.25) is 0 Å². The molecule has 68 valence electrons. The molecule has 0 aromatic heterocycles. The van der Waals surface area contributed by atoms with Crippen molar-refractivity contribution >= 4 is 0 Å². The highest BCUT2D eigenvalue weighted by atomic mass is 15.2. The van der Waals surface area contributed by atoms with E-state index >= 15 is 0 Å². The molecule has 0 N–H and O–H groups in total. The Hall–Kier alpha value is 0. The molecule has 10 rings (SSSR count). The number of fused-ring (bicyclic) bond motifs is 3. The van der Waals surface area contributed by atoms with Gasteiger partial charge in [0.05, 0.1) is 0 Å². The Balaban J connectivity index is 1.69. The van der Waals surface area contributed by atoms with Crippen molar-refractivity contribution in [2.24, 2.45) is 81.8 Å². The Kier molecular flexibility index (Phi) is 0.284. The predicted molar refractivity (Wildman–Crippen MR) is 46.7 cm³/mol. The Labute approximate surface area is 82.4 Å². The molecule has 0 heteroatoms. The molecule has 12 atom stereocenters. The van der Waals surface area contributed by atoms with Gasteiger partial charge in [-0.05, 0) is 81.8 Å². The molecule has 10 aliphatic rings. The highest BCUT2D eigenvalue weighted by molar-refractivity contribution is 5.63. The summed E-state index contributed by atoms with van der Waals surface area (Å²) in [5.74, 6) is 16.3. The van der Waals surface area contributed by atoms with Crippen molar-refractivity contribution in [3.63, 3.8) is 0 Å². The third-order valence-corrected chi connectivity index (χ3v) is 10.2. The second kappa shape index (κ2) is 0.812. The van der Waals surface area contributed by atoms with Crippen molar-refractivity contribution in [3.8, 4) is 0 Å². The van der Waals surface area contributed by atoms with Crippen LogP contribution in [0.3, 0.4) is 0 Å². The monoisotopic (exact) mass is 180 g/mol. The van der Waals surface area contributed by atoms with Crippen molar-refractivity contribution in [2.75, 3.05) is 0 Å². The minimum atomic E-state index is 1.10. The molecule has 0 aromatic rings. The lowest BCUT2D eigenvalue weighted by Gasteiger charge is -2.71. The summed E-state index contributed by atoms with van der Waals surface area (Å²) >= 11 is 0. The van der Waals surface area contributed by atoms with Gasteiger partial charge in [0, 0.05) is 0 Å². The molecule has 10 aliphatic carbocycles. The van der Waals surface area contributed by atoms with Crippen LogP contribution in [0, 0.1) is 81.8 Å². The number of rotatable bonds is 0. The van der Waals surface area contributed by atoms with E-state index in [9.17, 15) is 0 Å². The van der Waals surface area contributed by atoms with Crippen molar-refractivity contribution in [3.05, 3.63) is 0 Å². The second-order valence-electron chi connectivity index (χ2n) is 8.52. The van der Waals surface area contributed by atoms with Crippen molar-refractivity contribution in [1.82, 2.24) is 0 Å². The maximum absolute atomic E-state index is 1.38. The first-order valence-electron chi connectivity index (χ1n) is 6.98. The van der Waals surface area contributed by atoms with Gasteiger partial charge in [-0.25, -0.2) is 0 Å². The van der Waals surface area contributed by atoms with E-state index in [2.05, 4.69) is 0 Å². The van der Waals surface area contributed by atoms with Crippen LogP contribution in [0.4, 0.5) is 0 Å². The van der Waals surface area contributed by atoms with Gasteiger partial charge in [0.25, 0.3) is 0 Å². The summed E-state index contributed by atoms with van der Waals surface area (Å²) < 4.78 is 0. The summed E-state index contributed by atoms with van der Waals surface area (Å²) in [6, 6.07) is 0. The second-order valence-corrected chi connectivity index (χ2v) is 8.52. The molecule has 0 saturated heterocycles. The first-order valence-corrected chi connectivity index (χ1v) is 6.98. The van der Waals surface area contributed by atoms with E-state index in [1.165, 1.54) is 71.0 Å². The number of hydrogen-bond donors (Lipinski definition) is 0. The minimum Gasteiger partial charge on any atom is -0.0309 e. The van der Waals surface area contributed by atoms with Crippen molar-refractivity contribution in [2.45, 2.75) is 0 Å². The molecule has 0 nitrogen and oxygen atoms in total. The summed E-state index contributed by atoms with van der Waals surface area (Å²) in [5, 5.41) is 0. The molecular weight excluding hydrogens is 168 g/mol. The molecule has 2 spiro atoms. The fraction of sp³-hybridized carbons (Fsp3) is 1.00. The molecule has 0 aliphatic heterocycles. The summed E-state index contributed by atoms with van der Waals surface area (Å²) in [4.78, 5) is 0. The molecule has 0 amide bonds. The topological polar surface area (TPSA) is 0 Å². The molecule has 0 aromatic carbocycles. The third kappa shape index (κ3) is 0.140. The highest BCUT2D eigenvalue weighted by Crippen LogP contribution is 3.20. The van der Waals surface area contributed by atoms with Crippen molar-refractivity contribution < 1.29 is 0 Å². The normalized spacial score (nSPS) is 120. The van der Waals surface area contributed by atoms with Gasteiger partial charge in [-0.1, -0.05) is 0 Å². The maximum atomic E-state index is 1.38. The van der Waals surface area contributed by atoms with Gasteiger partial charge in [-0.3, -0.25) is 0 Å². The lowest BCUT2D eigenvalue weighted by atomic mass is 9.32.